The van der Waals surface area contributed by atoms with Crippen LogP contribution in [0, 0.1) is 0 Å². The zero-order valence-electron chi connectivity index (χ0n) is 8.22. The number of benzene rings is 1. The molecular formula is C11H16N2. The molecule has 1 aromatic rings. The molecule has 70 valence electrons. The molecule has 0 unspecified atom stereocenters. The van der Waals surface area contributed by atoms with Crippen molar-refractivity contribution in [1.82, 2.24) is 5.32 Å². The monoisotopic (exact) mass is 176 g/mol. The highest BCUT2D eigenvalue weighted by Gasteiger charge is 1.93. The van der Waals surface area contributed by atoms with E-state index in [4.69, 9.17) is 0 Å². The maximum atomic E-state index is 3.79. The van der Waals surface area contributed by atoms with Crippen LogP contribution in [0.1, 0.15) is 12.5 Å². The lowest BCUT2D eigenvalue weighted by Gasteiger charge is -2.06. The Kier molecular flexibility index (Phi) is 3.38. The van der Waals surface area contributed by atoms with Crippen molar-refractivity contribution in [3.05, 3.63) is 42.1 Å². The van der Waals surface area contributed by atoms with Gasteiger partial charge in [-0.3, -0.25) is 0 Å². The minimum atomic E-state index is 0.838. The summed E-state index contributed by atoms with van der Waals surface area (Å²) in [5, 5.41) is 6.30. The highest BCUT2D eigenvalue weighted by molar-refractivity contribution is 5.44. The molecule has 13 heavy (non-hydrogen) atoms. The van der Waals surface area contributed by atoms with Gasteiger partial charge >= 0.3 is 0 Å². The van der Waals surface area contributed by atoms with Crippen LogP contribution in [0.5, 0.6) is 0 Å². The van der Waals surface area contributed by atoms with E-state index >= 15 is 0 Å². The van der Waals surface area contributed by atoms with Crippen LogP contribution < -0.4 is 10.6 Å². The fourth-order valence-corrected chi connectivity index (χ4v) is 1.09. The zero-order chi connectivity index (χ0) is 9.68. The first-order valence-corrected chi connectivity index (χ1v) is 4.38. The van der Waals surface area contributed by atoms with Crippen molar-refractivity contribution in [3.63, 3.8) is 0 Å². The fourth-order valence-electron chi connectivity index (χ4n) is 1.09. The van der Waals surface area contributed by atoms with Crippen molar-refractivity contribution in [3.8, 4) is 0 Å². The summed E-state index contributed by atoms with van der Waals surface area (Å²) in [5.74, 6) is 0. The molecule has 0 bridgehead atoms. The maximum absolute atomic E-state index is 3.79. The summed E-state index contributed by atoms with van der Waals surface area (Å²) < 4.78 is 0. The van der Waals surface area contributed by atoms with Crippen LogP contribution in [0.15, 0.2) is 36.5 Å². The Morgan fingerprint density at radius 1 is 1.46 bits per heavy atom. The van der Waals surface area contributed by atoms with Gasteiger partial charge in [-0.1, -0.05) is 18.7 Å². The van der Waals surface area contributed by atoms with Crippen molar-refractivity contribution in [2.75, 3.05) is 12.4 Å². The Labute approximate surface area is 79.7 Å². The molecule has 0 aliphatic carbocycles. The van der Waals surface area contributed by atoms with Crippen LogP contribution in [0.25, 0.3) is 0 Å². The standard InChI is InChI=1S/C11H16N2/c1-9(2)13-8-10-5-4-6-11(7-10)12-3/h4-7,12-13H,1,8H2,2-3H3. The average Bonchev–Trinajstić information content (AvgIpc) is 2.15. The van der Waals surface area contributed by atoms with Crippen LogP contribution in [0.4, 0.5) is 5.69 Å². The molecule has 0 aliphatic rings. The second kappa shape index (κ2) is 4.55. The largest absolute Gasteiger partial charge is 0.388 e. The molecule has 0 amide bonds. The molecular weight excluding hydrogens is 160 g/mol. The number of anilines is 1. The van der Waals surface area contributed by atoms with Crippen molar-refractivity contribution >= 4 is 5.69 Å². The molecule has 0 fully saturated rings. The van der Waals surface area contributed by atoms with Gasteiger partial charge in [0, 0.05) is 25.0 Å². The first kappa shape index (κ1) is 9.65. The van der Waals surface area contributed by atoms with Gasteiger partial charge in [-0.15, -0.1) is 0 Å². The molecule has 2 nitrogen and oxygen atoms in total. The molecule has 0 aromatic heterocycles. The summed E-state index contributed by atoms with van der Waals surface area (Å²) in [6, 6.07) is 8.30. The fraction of sp³-hybridized carbons (Fsp3) is 0.273. The Balaban J connectivity index is 2.61. The number of hydrogen-bond acceptors (Lipinski definition) is 2. The second-order valence-corrected chi connectivity index (χ2v) is 3.08. The van der Waals surface area contributed by atoms with Gasteiger partial charge in [0.2, 0.25) is 0 Å². The van der Waals surface area contributed by atoms with E-state index in [-0.39, 0.29) is 0 Å². The van der Waals surface area contributed by atoms with E-state index in [1.165, 1.54) is 5.56 Å². The lowest BCUT2D eigenvalue weighted by atomic mass is 10.2. The summed E-state index contributed by atoms with van der Waals surface area (Å²) in [4.78, 5) is 0. The summed E-state index contributed by atoms with van der Waals surface area (Å²) >= 11 is 0. The van der Waals surface area contributed by atoms with Crippen molar-refractivity contribution in [2.45, 2.75) is 13.5 Å². The Morgan fingerprint density at radius 3 is 2.85 bits per heavy atom. The average molecular weight is 176 g/mol. The molecule has 2 N–H and O–H groups in total. The maximum Gasteiger partial charge on any atom is 0.0398 e. The predicted octanol–water partition coefficient (Wildman–Crippen LogP) is 2.35. The van der Waals surface area contributed by atoms with Crippen LogP contribution >= 0.6 is 0 Å². The van der Waals surface area contributed by atoms with E-state index < -0.39 is 0 Å². The topological polar surface area (TPSA) is 24.1 Å². The lowest BCUT2D eigenvalue weighted by molar-refractivity contribution is 0.816. The molecule has 0 radical (unpaired) electrons. The van der Waals surface area contributed by atoms with Gasteiger partial charge in [0.1, 0.15) is 0 Å². The summed E-state index contributed by atoms with van der Waals surface area (Å²) in [6.07, 6.45) is 0. The summed E-state index contributed by atoms with van der Waals surface area (Å²) in [5.41, 5.74) is 3.39. The predicted molar refractivity (Wildman–Crippen MR) is 57.6 cm³/mol. The minimum Gasteiger partial charge on any atom is -0.388 e. The minimum absolute atomic E-state index is 0.838. The van der Waals surface area contributed by atoms with E-state index in [0.717, 1.165) is 17.9 Å². The molecule has 1 rings (SSSR count). The van der Waals surface area contributed by atoms with Gasteiger partial charge in [-0.2, -0.15) is 0 Å². The zero-order valence-corrected chi connectivity index (χ0v) is 8.22. The molecule has 0 saturated heterocycles. The first-order valence-electron chi connectivity index (χ1n) is 4.38. The Morgan fingerprint density at radius 2 is 2.23 bits per heavy atom. The third-order valence-electron chi connectivity index (χ3n) is 1.81. The van der Waals surface area contributed by atoms with Gasteiger partial charge in [-0.25, -0.2) is 0 Å². The van der Waals surface area contributed by atoms with Crippen LogP contribution in [-0.4, -0.2) is 7.05 Å². The normalized spacial score (nSPS) is 9.38. The van der Waals surface area contributed by atoms with Crippen LogP contribution in [-0.2, 0) is 6.54 Å². The van der Waals surface area contributed by atoms with E-state index in [0.29, 0.717) is 0 Å². The van der Waals surface area contributed by atoms with Crippen molar-refractivity contribution in [1.29, 1.82) is 0 Å². The summed E-state index contributed by atoms with van der Waals surface area (Å²) in [7, 11) is 1.92. The van der Waals surface area contributed by atoms with E-state index in [9.17, 15) is 0 Å². The van der Waals surface area contributed by atoms with E-state index in [1.807, 2.05) is 26.1 Å². The number of nitrogens with one attached hydrogen (secondary N) is 2. The van der Waals surface area contributed by atoms with Crippen LogP contribution in [0.3, 0.4) is 0 Å². The molecule has 2 heteroatoms. The quantitative estimate of drug-likeness (QED) is 0.736. The number of hydrogen-bond donors (Lipinski definition) is 2. The molecule has 0 heterocycles. The van der Waals surface area contributed by atoms with Gasteiger partial charge in [0.05, 0.1) is 0 Å². The SMILES string of the molecule is C=C(C)NCc1cccc(NC)c1. The summed E-state index contributed by atoms with van der Waals surface area (Å²) in [6.45, 7) is 6.58. The molecule has 0 atom stereocenters. The van der Waals surface area contributed by atoms with E-state index in [2.05, 4.69) is 29.3 Å². The smallest absolute Gasteiger partial charge is 0.0398 e. The third kappa shape index (κ3) is 3.20. The molecule has 0 aliphatic heterocycles. The van der Waals surface area contributed by atoms with Gasteiger partial charge in [-0.05, 0) is 24.6 Å². The van der Waals surface area contributed by atoms with Gasteiger partial charge < -0.3 is 10.6 Å². The third-order valence-corrected chi connectivity index (χ3v) is 1.81. The van der Waals surface area contributed by atoms with Gasteiger partial charge in [0.15, 0.2) is 0 Å². The number of rotatable bonds is 4. The van der Waals surface area contributed by atoms with Crippen molar-refractivity contribution < 1.29 is 0 Å². The Hall–Kier alpha value is -1.44. The highest BCUT2D eigenvalue weighted by atomic mass is 14.9. The molecule has 0 spiro atoms. The van der Waals surface area contributed by atoms with Crippen molar-refractivity contribution in [2.24, 2.45) is 0 Å². The molecule has 1 aromatic carbocycles. The first-order chi connectivity index (χ1) is 6.22. The van der Waals surface area contributed by atoms with Gasteiger partial charge in [0.25, 0.3) is 0 Å². The highest BCUT2D eigenvalue weighted by Crippen LogP contribution is 2.09. The molecule has 0 saturated carbocycles. The van der Waals surface area contributed by atoms with E-state index in [1.54, 1.807) is 0 Å². The van der Waals surface area contributed by atoms with Crippen LogP contribution in [0.2, 0.25) is 0 Å². The number of allylic oxidation sites excluding steroid dienone is 1. The Bertz CT molecular complexity index is 292. The lowest BCUT2D eigenvalue weighted by Crippen LogP contribution is -2.09. The second-order valence-electron chi connectivity index (χ2n) is 3.08.